The summed E-state index contributed by atoms with van der Waals surface area (Å²) in [6.45, 7) is 6.08. The third-order valence-corrected chi connectivity index (χ3v) is 5.43. The molecule has 1 aromatic heterocycles. The highest BCUT2D eigenvalue weighted by atomic mass is 32.2. The number of amides is 1. The summed E-state index contributed by atoms with van der Waals surface area (Å²) in [6.07, 6.45) is 4.53. The van der Waals surface area contributed by atoms with Crippen molar-refractivity contribution in [2.45, 2.75) is 69.6 Å². The molecule has 0 bridgehead atoms. The third kappa shape index (κ3) is 5.00. The van der Waals surface area contributed by atoms with E-state index in [9.17, 15) is 4.79 Å². The Kier molecular flexibility index (Phi) is 6.19. The van der Waals surface area contributed by atoms with Crippen LogP contribution in [0.4, 0.5) is 0 Å². The summed E-state index contributed by atoms with van der Waals surface area (Å²) in [6, 6.07) is 6.36. The first kappa shape index (κ1) is 18.8. The molecule has 1 aliphatic carbocycles. The van der Waals surface area contributed by atoms with E-state index in [0.29, 0.717) is 17.2 Å². The lowest BCUT2D eigenvalue weighted by Crippen LogP contribution is -2.37. The van der Waals surface area contributed by atoms with Gasteiger partial charge in [-0.3, -0.25) is 4.79 Å². The summed E-state index contributed by atoms with van der Waals surface area (Å²) in [7, 11) is 0. The van der Waals surface area contributed by atoms with Crippen molar-refractivity contribution in [3.63, 3.8) is 0 Å². The van der Waals surface area contributed by atoms with E-state index < -0.39 is 0 Å². The van der Waals surface area contributed by atoms with E-state index in [1.807, 2.05) is 39.0 Å². The van der Waals surface area contributed by atoms with Gasteiger partial charge in [0.25, 0.3) is 11.1 Å². The van der Waals surface area contributed by atoms with E-state index in [0.717, 1.165) is 29.7 Å². The second-order valence-electron chi connectivity index (χ2n) is 6.77. The Labute approximate surface area is 158 Å². The normalized spacial score (nSPS) is 15.8. The predicted molar refractivity (Wildman–Crippen MR) is 100 cm³/mol. The van der Waals surface area contributed by atoms with Crippen LogP contribution in [0.15, 0.2) is 27.8 Å². The Balaban J connectivity index is 1.50. The summed E-state index contributed by atoms with van der Waals surface area (Å²) < 4.78 is 11.4. The zero-order valence-electron chi connectivity index (χ0n) is 15.4. The monoisotopic (exact) mass is 375 g/mol. The van der Waals surface area contributed by atoms with Gasteiger partial charge < -0.3 is 14.5 Å². The number of benzene rings is 1. The first-order chi connectivity index (χ1) is 12.5. The number of aryl methyl sites for hydroxylation is 2. The minimum atomic E-state index is -0.274. The molecule has 1 aromatic carbocycles. The van der Waals surface area contributed by atoms with Gasteiger partial charge in [-0.2, -0.15) is 0 Å². The Bertz CT molecular complexity index is 756. The molecule has 1 atom stereocenters. The molecule has 1 N–H and O–H groups in total. The second kappa shape index (κ2) is 8.58. The number of rotatable bonds is 7. The molecule has 1 unspecified atom stereocenters. The van der Waals surface area contributed by atoms with Gasteiger partial charge in [0.05, 0.1) is 5.25 Å². The standard InChI is InChI=1S/C19H25N3O3S/c1-12-8-9-13(2)16(10-12)24-11-17-21-22-19(25-17)26-14(3)18(23)20-15-6-4-5-7-15/h8-10,14-15H,4-7,11H2,1-3H3,(H,20,23). The van der Waals surface area contributed by atoms with Gasteiger partial charge in [0, 0.05) is 6.04 Å². The number of aromatic nitrogens is 2. The van der Waals surface area contributed by atoms with Crippen LogP contribution in [0.1, 0.15) is 49.6 Å². The maximum Gasteiger partial charge on any atom is 0.277 e. The van der Waals surface area contributed by atoms with Crippen molar-refractivity contribution >= 4 is 17.7 Å². The number of carbonyl (C=O) groups excluding carboxylic acids is 1. The van der Waals surface area contributed by atoms with Crippen LogP contribution >= 0.6 is 11.8 Å². The number of thioether (sulfide) groups is 1. The average molecular weight is 375 g/mol. The van der Waals surface area contributed by atoms with Gasteiger partial charge in [0.15, 0.2) is 6.61 Å². The molecule has 3 rings (SSSR count). The van der Waals surface area contributed by atoms with Crippen LogP contribution in [0.2, 0.25) is 0 Å². The van der Waals surface area contributed by atoms with Crippen LogP contribution in [-0.4, -0.2) is 27.4 Å². The molecule has 0 spiro atoms. The number of nitrogens with one attached hydrogen (secondary N) is 1. The Morgan fingerprint density at radius 2 is 2.12 bits per heavy atom. The van der Waals surface area contributed by atoms with Gasteiger partial charge in [-0.1, -0.05) is 36.7 Å². The molecule has 1 aliphatic rings. The predicted octanol–water partition coefficient (Wildman–Crippen LogP) is 3.80. The Morgan fingerprint density at radius 1 is 1.35 bits per heavy atom. The van der Waals surface area contributed by atoms with E-state index >= 15 is 0 Å². The number of hydrogen-bond acceptors (Lipinski definition) is 6. The van der Waals surface area contributed by atoms with Gasteiger partial charge in [-0.25, -0.2) is 0 Å². The summed E-state index contributed by atoms with van der Waals surface area (Å²) in [5.41, 5.74) is 2.19. The topological polar surface area (TPSA) is 77.2 Å². The van der Waals surface area contributed by atoms with Crippen molar-refractivity contribution in [1.82, 2.24) is 15.5 Å². The molecule has 140 valence electrons. The van der Waals surface area contributed by atoms with Crippen LogP contribution < -0.4 is 10.1 Å². The van der Waals surface area contributed by atoms with Crippen molar-refractivity contribution in [3.05, 3.63) is 35.2 Å². The summed E-state index contributed by atoms with van der Waals surface area (Å²) in [5.74, 6) is 1.23. The molecule has 1 heterocycles. The third-order valence-electron chi connectivity index (χ3n) is 4.49. The fourth-order valence-corrected chi connectivity index (χ4v) is 3.65. The van der Waals surface area contributed by atoms with E-state index in [-0.39, 0.29) is 17.8 Å². The quantitative estimate of drug-likeness (QED) is 0.742. The van der Waals surface area contributed by atoms with Crippen LogP contribution in [0, 0.1) is 13.8 Å². The van der Waals surface area contributed by atoms with E-state index in [1.165, 1.54) is 24.6 Å². The highest BCUT2D eigenvalue weighted by Gasteiger charge is 2.23. The molecular weight excluding hydrogens is 350 g/mol. The highest BCUT2D eigenvalue weighted by Crippen LogP contribution is 2.25. The SMILES string of the molecule is Cc1ccc(C)c(OCc2nnc(SC(C)C(=O)NC3CCCC3)o2)c1. The molecule has 26 heavy (non-hydrogen) atoms. The van der Waals surface area contributed by atoms with Crippen LogP contribution in [-0.2, 0) is 11.4 Å². The van der Waals surface area contributed by atoms with Crippen molar-refractivity contribution in [2.75, 3.05) is 0 Å². The molecule has 0 radical (unpaired) electrons. The van der Waals surface area contributed by atoms with Crippen molar-refractivity contribution < 1.29 is 13.9 Å². The Hall–Kier alpha value is -2.02. The summed E-state index contributed by atoms with van der Waals surface area (Å²) in [5, 5.41) is 11.2. The number of carbonyl (C=O) groups is 1. The van der Waals surface area contributed by atoms with Gasteiger partial charge in [-0.05, 0) is 50.8 Å². The summed E-state index contributed by atoms with van der Waals surface area (Å²) >= 11 is 1.28. The first-order valence-electron chi connectivity index (χ1n) is 9.00. The lowest BCUT2D eigenvalue weighted by Gasteiger charge is -2.14. The van der Waals surface area contributed by atoms with E-state index in [1.54, 1.807) is 0 Å². The maximum atomic E-state index is 12.2. The largest absolute Gasteiger partial charge is 0.484 e. The van der Waals surface area contributed by atoms with Gasteiger partial charge in [0.2, 0.25) is 5.91 Å². The van der Waals surface area contributed by atoms with Crippen molar-refractivity contribution in [3.8, 4) is 5.75 Å². The molecule has 0 saturated heterocycles. The Morgan fingerprint density at radius 3 is 2.88 bits per heavy atom. The van der Waals surface area contributed by atoms with Crippen LogP contribution in [0.25, 0.3) is 0 Å². The number of ether oxygens (including phenoxy) is 1. The molecule has 1 amide bonds. The number of hydrogen-bond donors (Lipinski definition) is 1. The van der Waals surface area contributed by atoms with Crippen LogP contribution in [0.5, 0.6) is 5.75 Å². The lowest BCUT2D eigenvalue weighted by molar-refractivity contribution is -0.120. The fourth-order valence-electron chi connectivity index (χ4n) is 2.94. The minimum absolute atomic E-state index is 0.0216. The molecule has 6 nitrogen and oxygen atoms in total. The van der Waals surface area contributed by atoms with Crippen LogP contribution in [0.3, 0.4) is 0 Å². The second-order valence-corrected chi connectivity index (χ2v) is 8.06. The molecule has 2 aromatic rings. The molecule has 1 fully saturated rings. The molecule has 1 saturated carbocycles. The van der Waals surface area contributed by atoms with Gasteiger partial charge in [0.1, 0.15) is 5.75 Å². The lowest BCUT2D eigenvalue weighted by atomic mass is 10.1. The smallest absolute Gasteiger partial charge is 0.277 e. The first-order valence-corrected chi connectivity index (χ1v) is 9.88. The fraction of sp³-hybridized carbons (Fsp3) is 0.526. The van der Waals surface area contributed by atoms with Crippen molar-refractivity contribution in [1.29, 1.82) is 0 Å². The zero-order valence-corrected chi connectivity index (χ0v) is 16.3. The maximum absolute atomic E-state index is 12.2. The van der Waals surface area contributed by atoms with E-state index in [2.05, 4.69) is 15.5 Å². The molecule has 7 heteroatoms. The average Bonchev–Trinajstić information content (AvgIpc) is 3.27. The van der Waals surface area contributed by atoms with Crippen molar-refractivity contribution in [2.24, 2.45) is 0 Å². The van der Waals surface area contributed by atoms with Gasteiger partial charge >= 0.3 is 0 Å². The zero-order chi connectivity index (χ0) is 18.5. The minimum Gasteiger partial charge on any atom is -0.484 e. The molecule has 0 aliphatic heterocycles. The van der Waals surface area contributed by atoms with E-state index in [4.69, 9.17) is 9.15 Å². The number of nitrogens with zero attached hydrogens (tertiary/aromatic N) is 2. The highest BCUT2D eigenvalue weighted by molar-refractivity contribution is 8.00. The summed E-state index contributed by atoms with van der Waals surface area (Å²) in [4.78, 5) is 12.2. The van der Waals surface area contributed by atoms with Gasteiger partial charge in [-0.15, -0.1) is 10.2 Å². The molecular formula is C19H25N3O3S.